The van der Waals surface area contributed by atoms with Crippen molar-refractivity contribution in [3.8, 4) is 0 Å². The zero-order valence-electron chi connectivity index (χ0n) is 15.7. The largest absolute Gasteiger partial charge is 0.465 e. The SMILES string of the molecule is CC(=O)OC[C@]1(O)C[C@@]23CC[C@@H]4c5ccoc5C=C[C@@]4(C)[C@@H]2CC[C@H]1C3. The van der Waals surface area contributed by atoms with Crippen LogP contribution in [0, 0.1) is 22.7 Å². The molecule has 4 nitrogen and oxygen atoms in total. The van der Waals surface area contributed by atoms with Gasteiger partial charge in [0.1, 0.15) is 18.0 Å². The summed E-state index contributed by atoms with van der Waals surface area (Å²) in [6, 6.07) is 2.15. The Hall–Kier alpha value is -1.55. The van der Waals surface area contributed by atoms with Gasteiger partial charge in [-0.15, -0.1) is 0 Å². The van der Waals surface area contributed by atoms with E-state index in [0.29, 0.717) is 11.8 Å². The summed E-state index contributed by atoms with van der Waals surface area (Å²) in [4.78, 5) is 11.3. The van der Waals surface area contributed by atoms with Crippen molar-refractivity contribution in [2.24, 2.45) is 22.7 Å². The first kappa shape index (κ1) is 16.6. The number of esters is 1. The highest BCUT2D eigenvalue weighted by Crippen LogP contribution is 2.71. The van der Waals surface area contributed by atoms with Crippen LogP contribution in [-0.4, -0.2) is 23.3 Å². The Balaban J connectivity index is 1.48. The van der Waals surface area contributed by atoms with E-state index in [1.807, 2.05) is 6.26 Å². The van der Waals surface area contributed by atoms with Crippen molar-refractivity contribution in [1.82, 2.24) is 0 Å². The van der Waals surface area contributed by atoms with Crippen LogP contribution < -0.4 is 0 Å². The van der Waals surface area contributed by atoms with Crippen molar-refractivity contribution in [3.05, 3.63) is 29.7 Å². The molecule has 2 bridgehead atoms. The molecule has 1 spiro atoms. The molecule has 0 amide bonds. The van der Waals surface area contributed by atoms with Gasteiger partial charge in [0, 0.05) is 12.5 Å². The fraction of sp³-hybridized carbons (Fsp3) is 0.682. The fourth-order valence-corrected chi connectivity index (χ4v) is 7.27. The first-order valence-electron chi connectivity index (χ1n) is 9.99. The molecule has 26 heavy (non-hydrogen) atoms. The molecule has 0 aromatic carbocycles. The van der Waals surface area contributed by atoms with Crippen LogP contribution >= 0.6 is 0 Å². The summed E-state index contributed by atoms with van der Waals surface area (Å²) < 4.78 is 10.9. The third-order valence-electron chi connectivity index (χ3n) is 8.27. The Morgan fingerprint density at radius 2 is 2.23 bits per heavy atom. The summed E-state index contributed by atoms with van der Waals surface area (Å²) in [7, 11) is 0. The van der Waals surface area contributed by atoms with Gasteiger partial charge in [-0.3, -0.25) is 4.79 Å². The van der Waals surface area contributed by atoms with Crippen molar-refractivity contribution >= 4 is 12.0 Å². The van der Waals surface area contributed by atoms with Crippen LogP contribution in [0.15, 0.2) is 22.8 Å². The van der Waals surface area contributed by atoms with E-state index in [1.165, 1.54) is 12.5 Å². The van der Waals surface area contributed by atoms with E-state index in [9.17, 15) is 9.90 Å². The number of hydrogen-bond donors (Lipinski definition) is 1. The molecule has 0 saturated heterocycles. The van der Waals surface area contributed by atoms with E-state index in [2.05, 4.69) is 25.1 Å². The van der Waals surface area contributed by atoms with E-state index in [-0.39, 0.29) is 29.3 Å². The highest BCUT2D eigenvalue weighted by atomic mass is 16.5. The topological polar surface area (TPSA) is 59.7 Å². The monoisotopic (exact) mass is 356 g/mol. The zero-order valence-corrected chi connectivity index (χ0v) is 15.7. The first-order valence-corrected chi connectivity index (χ1v) is 9.99. The molecule has 4 heteroatoms. The number of furan rings is 1. The van der Waals surface area contributed by atoms with Crippen molar-refractivity contribution in [2.45, 2.75) is 63.9 Å². The van der Waals surface area contributed by atoms with Crippen molar-refractivity contribution in [2.75, 3.05) is 6.61 Å². The number of hydrogen-bond acceptors (Lipinski definition) is 4. The van der Waals surface area contributed by atoms with Crippen LogP contribution in [-0.2, 0) is 9.53 Å². The van der Waals surface area contributed by atoms with E-state index < -0.39 is 5.60 Å². The maximum absolute atomic E-state index is 11.3. The molecule has 5 rings (SSSR count). The maximum Gasteiger partial charge on any atom is 0.302 e. The van der Waals surface area contributed by atoms with Gasteiger partial charge in [-0.25, -0.2) is 0 Å². The van der Waals surface area contributed by atoms with Gasteiger partial charge in [-0.05, 0) is 79.3 Å². The molecule has 4 aliphatic rings. The van der Waals surface area contributed by atoms with Crippen LogP contribution in [0.3, 0.4) is 0 Å². The lowest BCUT2D eigenvalue weighted by molar-refractivity contribution is -0.151. The zero-order chi connectivity index (χ0) is 18.2. The van der Waals surface area contributed by atoms with Crippen molar-refractivity contribution in [3.63, 3.8) is 0 Å². The van der Waals surface area contributed by atoms with Crippen molar-refractivity contribution < 1.29 is 19.1 Å². The van der Waals surface area contributed by atoms with E-state index in [0.717, 1.165) is 44.3 Å². The number of rotatable bonds is 2. The third-order valence-corrected chi connectivity index (χ3v) is 8.27. The standard InChI is InChI=1S/C22H28O4/c1-14(23)26-13-22(24)12-21-9-5-17-16-7-10-25-18(16)6-8-20(17,2)19(21)4-3-15(22)11-21/h6-8,10,15,17,19,24H,3-5,9,11-13H2,1-2H3/t15-,17+,19-,20+,21-,22+/m0/s1. The fourth-order valence-electron chi connectivity index (χ4n) is 7.27. The van der Waals surface area contributed by atoms with Gasteiger partial charge in [0.25, 0.3) is 0 Å². The van der Waals surface area contributed by atoms with Gasteiger partial charge in [0.05, 0.1) is 6.26 Å². The molecule has 4 aliphatic carbocycles. The molecular formula is C22H28O4. The molecule has 1 heterocycles. The predicted molar refractivity (Wildman–Crippen MR) is 97.3 cm³/mol. The smallest absolute Gasteiger partial charge is 0.302 e. The number of carbonyl (C=O) groups is 1. The van der Waals surface area contributed by atoms with E-state index in [1.54, 1.807) is 0 Å². The minimum absolute atomic E-state index is 0.118. The highest BCUT2D eigenvalue weighted by Gasteiger charge is 2.65. The second-order valence-corrected chi connectivity index (χ2v) is 9.48. The van der Waals surface area contributed by atoms with Crippen LogP contribution in [0.2, 0.25) is 0 Å². The van der Waals surface area contributed by atoms with Gasteiger partial charge in [-0.1, -0.05) is 13.0 Å². The third kappa shape index (κ3) is 2.08. The van der Waals surface area contributed by atoms with Crippen LogP contribution in [0.25, 0.3) is 6.08 Å². The Kier molecular flexibility index (Phi) is 3.35. The Morgan fingerprint density at radius 1 is 1.38 bits per heavy atom. The summed E-state index contributed by atoms with van der Waals surface area (Å²) in [6.45, 7) is 4.00. The second-order valence-electron chi connectivity index (χ2n) is 9.48. The lowest BCUT2D eigenvalue weighted by Gasteiger charge is -2.58. The maximum atomic E-state index is 11.3. The summed E-state index contributed by atoms with van der Waals surface area (Å²) in [5.74, 6) is 2.06. The summed E-state index contributed by atoms with van der Waals surface area (Å²) in [5, 5.41) is 11.3. The number of ether oxygens (including phenoxy) is 1. The summed E-state index contributed by atoms with van der Waals surface area (Å²) in [6.07, 6.45) is 12.7. The number of allylic oxidation sites excluding steroid dienone is 1. The molecule has 6 atom stereocenters. The number of aliphatic hydroxyl groups is 1. The summed E-state index contributed by atoms with van der Waals surface area (Å²) >= 11 is 0. The average Bonchev–Trinajstić information content (AvgIpc) is 3.14. The quantitative estimate of drug-likeness (QED) is 0.803. The predicted octanol–water partition coefficient (Wildman–Crippen LogP) is 4.29. The van der Waals surface area contributed by atoms with Gasteiger partial charge >= 0.3 is 5.97 Å². The molecule has 140 valence electrons. The molecule has 0 aliphatic heterocycles. The molecule has 1 aromatic rings. The molecule has 0 radical (unpaired) electrons. The molecule has 0 unspecified atom stereocenters. The average molecular weight is 356 g/mol. The Morgan fingerprint density at radius 3 is 3.04 bits per heavy atom. The Bertz CT molecular complexity index is 779. The van der Waals surface area contributed by atoms with Gasteiger partial charge in [0.15, 0.2) is 0 Å². The van der Waals surface area contributed by atoms with E-state index in [4.69, 9.17) is 9.15 Å². The molecule has 3 fully saturated rings. The van der Waals surface area contributed by atoms with Crippen LogP contribution in [0.1, 0.15) is 69.6 Å². The van der Waals surface area contributed by atoms with Gasteiger partial charge < -0.3 is 14.3 Å². The second kappa shape index (κ2) is 5.25. The number of carbonyl (C=O) groups excluding carboxylic acids is 1. The van der Waals surface area contributed by atoms with Gasteiger partial charge in [-0.2, -0.15) is 0 Å². The van der Waals surface area contributed by atoms with Crippen LogP contribution in [0.5, 0.6) is 0 Å². The van der Waals surface area contributed by atoms with Gasteiger partial charge in [0.2, 0.25) is 0 Å². The van der Waals surface area contributed by atoms with Crippen LogP contribution in [0.4, 0.5) is 0 Å². The van der Waals surface area contributed by atoms with Crippen molar-refractivity contribution in [1.29, 1.82) is 0 Å². The minimum atomic E-state index is -0.844. The first-order chi connectivity index (χ1) is 12.4. The molecule has 1 N–H and O–H groups in total. The summed E-state index contributed by atoms with van der Waals surface area (Å²) in [5.41, 5.74) is 0.810. The lowest BCUT2D eigenvalue weighted by atomic mass is 9.46. The number of fused-ring (bicyclic) bond motifs is 5. The highest BCUT2D eigenvalue weighted by molar-refractivity contribution is 5.66. The Labute approximate surface area is 154 Å². The minimum Gasteiger partial charge on any atom is -0.465 e. The lowest BCUT2D eigenvalue weighted by Crippen LogP contribution is -2.49. The molecule has 3 saturated carbocycles. The normalized spacial score (nSPS) is 45.6. The van der Waals surface area contributed by atoms with E-state index >= 15 is 0 Å². The molecule has 1 aromatic heterocycles. The molecular weight excluding hydrogens is 328 g/mol.